The molecule has 4 saturated heterocycles. The van der Waals surface area contributed by atoms with E-state index < -0.39 is 127 Å². The lowest BCUT2D eigenvalue weighted by Gasteiger charge is -2.46. The van der Waals surface area contributed by atoms with Gasteiger partial charge in [-0.15, -0.1) is 0 Å². The molecule has 4 heterocycles. The fourth-order valence-corrected chi connectivity index (χ4v) is 15.2. The molecule has 490 valence electrons. The number of alkyl carbamates (subject to hydrolysis) is 1. The fraction of sp³-hybridized carbons (Fsp3) is 0.678. The summed E-state index contributed by atoms with van der Waals surface area (Å²) >= 11 is 2.82. The average Bonchev–Trinajstić information content (AvgIpc) is 0.881. The third-order valence-corrected chi connectivity index (χ3v) is 21.6. The molecule has 10 N–H and O–H groups in total. The average molecular weight is 1410 g/mol. The van der Waals surface area contributed by atoms with Crippen LogP contribution in [0.15, 0.2) is 35.1 Å². The molecule has 0 radical (unpaired) electrons. The second-order valence-electron chi connectivity index (χ2n) is 22.2. The molecular formula is C59H83IN4O21S3. The first kappa shape index (κ1) is 72.1. The van der Waals surface area contributed by atoms with E-state index >= 15 is 0 Å². The van der Waals surface area contributed by atoms with E-state index in [4.69, 9.17) is 67.4 Å². The molecule has 2 aliphatic carbocycles. The number of carbonyl (C=O) groups excluding carboxylic acids is 3. The number of ether oxygens (including phenoxy) is 12. The maximum atomic E-state index is 14.5. The minimum absolute atomic E-state index is 0.0243. The molecule has 4 aliphatic heterocycles. The van der Waals surface area contributed by atoms with Gasteiger partial charge in [-0.1, -0.05) is 70.0 Å². The lowest BCUT2D eigenvalue weighted by molar-refractivity contribution is -0.336. The molecular weight excluding hydrogens is 1320 g/mol. The van der Waals surface area contributed by atoms with E-state index in [1.54, 1.807) is 51.7 Å². The second kappa shape index (κ2) is 32.5. The van der Waals surface area contributed by atoms with Crippen LogP contribution < -0.4 is 36.1 Å². The molecule has 7 rings (SSSR count). The van der Waals surface area contributed by atoms with Crippen molar-refractivity contribution in [3.63, 3.8) is 0 Å². The van der Waals surface area contributed by atoms with Gasteiger partial charge in [-0.2, -0.15) is 5.48 Å². The number of methoxy groups -OCH3 is 5. The van der Waals surface area contributed by atoms with E-state index in [9.17, 15) is 39.9 Å². The summed E-state index contributed by atoms with van der Waals surface area (Å²) in [5, 5.41) is 63.0. The number of halogens is 1. The van der Waals surface area contributed by atoms with Gasteiger partial charge in [0.05, 0.1) is 97.0 Å². The van der Waals surface area contributed by atoms with Crippen molar-refractivity contribution in [1.82, 2.24) is 16.1 Å². The van der Waals surface area contributed by atoms with Gasteiger partial charge in [-0.3, -0.25) is 19.7 Å². The van der Waals surface area contributed by atoms with Crippen LogP contribution in [0.4, 0.5) is 4.79 Å². The van der Waals surface area contributed by atoms with Crippen LogP contribution in [-0.4, -0.2) is 224 Å². The van der Waals surface area contributed by atoms with Crippen LogP contribution in [0.25, 0.3) is 0 Å². The van der Waals surface area contributed by atoms with Gasteiger partial charge in [0.1, 0.15) is 36.6 Å². The van der Waals surface area contributed by atoms with E-state index in [0.29, 0.717) is 28.0 Å². The number of aliphatic hydroxyl groups excluding tert-OH is 4. The maximum Gasteiger partial charge on any atom is 0.411 e. The number of nitrogens with two attached hydrogens (primary N) is 1. The lowest BCUT2D eigenvalue weighted by atomic mass is 9.75. The van der Waals surface area contributed by atoms with Crippen LogP contribution in [-0.2, 0) is 52.3 Å². The Bertz CT molecular complexity index is 2840. The summed E-state index contributed by atoms with van der Waals surface area (Å²) in [5.74, 6) is 11.3. The number of thioether (sulfide) groups is 1. The molecule has 1 aromatic carbocycles. The van der Waals surface area contributed by atoms with Gasteiger partial charge >= 0.3 is 6.09 Å². The molecule has 4 fully saturated rings. The molecule has 0 aromatic heterocycles. The highest BCUT2D eigenvalue weighted by molar-refractivity contribution is 14.1. The Balaban J connectivity index is 1.13. The van der Waals surface area contributed by atoms with Crippen LogP contribution in [0, 0.1) is 34.2 Å². The Kier molecular flexibility index (Phi) is 26.6. The minimum Gasteiger partial charge on any atom is -0.492 e. The Morgan fingerprint density at radius 1 is 0.898 bits per heavy atom. The Hall–Kier alpha value is -3.33. The van der Waals surface area contributed by atoms with Crippen molar-refractivity contribution in [2.24, 2.45) is 5.73 Å². The van der Waals surface area contributed by atoms with Gasteiger partial charge in [-0.05, 0) is 101 Å². The zero-order chi connectivity index (χ0) is 64.4. The summed E-state index contributed by atoms with van der Waals surface area (Å²) in [6, 6.07) is -1.29. The number of hydrogen-bond donors (Lipinski definition) is 9. The van der Waals surface area contributed by atoms with Crippen molar-refractivity contribution in [3.8, 4) is 40.9 Å². The molecule has 88 heavy (non-hydrogen) atoms. The number of hydroxylamine groups is 1. The Labute approximate surface area is 539 Å². The minimum atomic E-state index is -2.09. The van der Waals surface area contributed by atoms with Gasteiger partial charge in [0.25, 0.3) is 0 Å². The molecule has 2 bridgehead atoms. The molecule has 0 saturated carbocycles. The number of allylic oxidation sites excluding steroid dienone is 3. The molecule has 0 unspecified atom stereocenters. The van der Waals surface area contributed by atoms with E-state index in [-0.39, 0.29) is 76.0 Å². The number of amides is 1. The fourth-order valence-electron chi connectivity index (χ4n) is 11.0. The van der Waals surface area contributed by atoms with Crippen LogP contribution in [0.5, 0.6) is 17.2 Å². The summed E-state index contributed by atoms with van der Waals surface area (Å²) in [6.07, 6.45) is -13.2. The monoisotopic (exact) mass is 1410 g/mol. The predicted octanol–water partition coefficient (Wildman–Crippen LogP) is 3.05. The predicted molar refractivity (Wildman–Crippen MR) is 334 cm³/mol. The van der Waals surface area contributed by atoms with Gasteiger partial charge in [0.2, 0.25) is 17.2 Å². The molecule has 29 heteroatoms. The highest BCUT2D eigenvalue weighted by atomic mass is 127. The first-order chi connectivity index (χ1) is 41.9. The number of carbonyl (C=O) groups is 3. The van der Waals surface area contributed by atoms with Crippen LogP contribution in [0.2, 0.25) is 0 Å². The summed E-state index contributed by atoms with van der Waals surface area (Å²) in [4.78, 5) is 47.9. The highest BCUT2D eigenvalue weighted by Gasteiger charge is 2.52. The van der Waals surface area contributed by atoms with Crippen molar-refractivity contribution < 1.29 is 102 Å². The molecule has 1 aromatic rings. The number of rotatable bonds is 24. The zero-order valence-electron chi connectivity index (χ0n) is 51.2. The van der Waals surface area contributed by atoms with Crippen molar-refractivity contribution in [3.05, 3.63) is 49.8 Å². The van der Waals surface area contributed by atoms with E-state index in [2.05, 4.69) is 53.6 Å². The highest BCUT2D eigenvalue weighted by Crippen LogP contribution is 2.49. The molecule has 0 spiro atoms. The van der Waals surface area contributed by atoms with E-state index in [1.807, 2.05) is 29.5 Å². The van der Waals surface area contributed by atoms with Crippen molar-refractivity contribution in [1.29, 1.82) is 0 Å². The number of hydrogen-bond acceptors (Lipinski definition) is 27. The standard InChI is InChI=1S/C59H83IN4O21S3/c1-13-62-33-27-78-38(25-37(33)73-8)83-51-46(68)43(29(3)80-56(51)82-36-18-16-14-15-17-20-59(72)26-35(66)44(63-57(71)77-12)41(36)32(59)19-23-86-88-58(6,7)21-22-61)64-85-39-24-34(65)53(31(5)79-39)87-54(70)40-28(2)42(60)49(52(76-11)48(40)74-9)84-55-47(69)50(75-10)45(67)30(4)81-55/h14-15,19,29-31,33-34,36-39,43,45-47,50-51,53,55-56,62,64-65,67-69,72H,13,21-27,61H2,1-12H3,(H,63,71)/b15-14-,32-19+/t29-,30+,31-,33+,34+,36+,37+,38+,39+,43-,45+,46+,47-,50-,51-,53-,55+,56+,59+/m1/s1. The van der Waals surface area contributed by atoms with Crippen molar-refractivity contribution in [2.45, 2.75) is 194 Å². The first-order valence-electron chi connectivity index (χ1n) is 28.8. The van der Waals surface area contributed by atoms with E-state index in [1.165, 1.54) is 44.3 Å². The SMILES string of the molecule is CCN[C@H]1CO[C@@H](O[C@H]2[C@H](O[C@H]3C#C/C=C\C#C[C@]4(O)CC(=O)C(NC(=O)OC)=C3/C4=C\CSSC(C)(C)CCN)O[C@H](C)[C@@H](NO[C@H]3C[C@H](O)[C@H](SC(=O)c4c(C)c(I)c(O[C@@H]5O[C@@H](C)[C@H](O)[C@@H](OC)[C@H]5O)c(OC)c4OC)[C@@H](C)O3)[C@@H]2O)C[C@@H]1OC. The smallest absolute Gasteiger partial charge is 0.411 e. The largest absolute Gasteiger partial charge is 0.492 e. The maximum absolute atomic E-state index is 14.5. The van der Waals surface area contributed by atoms with E-state index in [0.717, 1.165) is 25.3 Å². The third-order valence-electron chi connectivity index (χ3n) is 15.7. The van der Waals surface area contributed by atoms with Crippen molar-refractivity contribution in [2.75, 3.05) is 61.0 Å². The number of likely N-dealkylation sites (N-methyl/N-ethyl adjacent to an activating group) is 1. The lowest BCUT2D eigenvalue weighted by Crippen LogP contribution is -2.65. The zero-order valence-corrected chi connectivity index (χ0v) is 55.8. The second-order valence-corrected chi connectivity index (χ2v) is 27.5. The number of nitrogens with one attached hydrogen (secondary N) is 3. The third kappa shape index (κ3) is 16.9. The number of fused-ring (bicyclic) bond motifs is 2. The summed E-state index contributed by atoms with van der Waals surface area (Å²) in [7, 11) is 9.87. The quantitative estimate of drug-likeness (QED) is 0.0236. The number of benzene rings is 1. The Morgan fingerprint density at radius 3 is 2.27 bits per heavy atom. The van der Waals surface area contributed by atoms with Gasteiger partial charge < -0.3 is 93.4 Å². The summed E-state index contributed by atoms with van der Waals surface area (Å²) in [5.41, 5.74) is 7.13. The van der Waals surface area contributed by atoms with Gasteiger partial charge in [-0.25, -0.2) is 4.79 Å². The Morgan fingerprint density at radius 2 is 1.61 bits per heavy atom. The molecule has 25 nitrogen and oxygen atoms in total. The number of aliphatic hydroxyl groups is 5. The summed E-state index contributed by atoms with van der Waals surface area (Å²) in [6.45, 7) is 14.0. The van der Waals surface area contributed by atoms with Gasteiger partial charge in [0.15, 0.2) is 41.8 Å². The first-order valence-corrected chi connectivity index (χ1v) is 33.1. The van der Waals surface area contributed by atoms with Crippen LogP contribution >= 0.6 is 55.9 Å². The van der Waals surface area contributed by atoms with Crippen LogP contribution in [0.3, 0.4) is 0 Å². The number of ketones is 1. The molecule has 6 aliphatic rings. The molecule has 1 amide bonds. The normalized spacial score (nSPS) is 35.0. The topological polar surface area (TPSA) is 334 Å². The van der Waals surface area contributed by atoms with Gasteiger partial charge in [0, 0.05) is 48.7 Å². The van der Waals surface area contributed by atoms with Crippen LogP contribution in [0.1, 0.15) is 83.1 Å². The molecule has 19 atom stereocenters. The number of Topliss-reactive ketones (excluding diaryl/α,β-unsaturated/α-hetero) is 1. The summed E-state index contributed by atoms with van der Waals surface area (Å²) < 4.78 is 72.6. The van der Waals surface area contributed by atoms with Crippen molar-refractivity contribution >= 4 is 72.9 Å².